The van der Waals surface area contributed by atoms with Gasteiger partial charge in [0.05, 0.1) is 10.7 Å². The van der Waals surface area contributed by atoms with Crippen molar-refractivity contribution in [2.45, 2.75) is 6.92 Å². The van der Waals surface area contributed by atoms with Crippen molar-refractivity contribution in [2.24, 2.45) is 0 Å². The number of carbonyl (C=O) groups excluding carboxylic acids is 1. The number of benzene rings is 2. The van der Waals surface area contributed by atoms with Crippen LogP contribution in [0.2, 0.25) is 10.0 Å². The SMILES string of the molecule is Cc1ccc(OC(=O)Nc2cc(B(O)O)c(Cl)cc2Cl)cc1. The topological polar surface area (TPSA) is 78.8 Å². The molecule has 22 heavy (non-hydrogen) atoms. The number of halogens is 2. The Bertz CT molecular complexity index is 692. The van der Waals surface area contributed by atoms with Crippen LogP contribution in [-0.2, 0) is 0 Å². The first-order valence-corrected chi connectivity index (χ1v) is 7.03. The van der Waals surface area contributed by atoms with E-state index in [-0.39, 0.29) is 21.2 Å². The highest BCUT2D eigenvalue weighted by molar-refractivity contribution is 6.63. The van der Waals surface area contributed by atoms with Crippen molar-refractivity contribution >= 4 is 47.6 Å². The van der Waals surface area contributed by atoms with Gasteiger partial charge in [-0.3, -0.25) is 5.32 Å². The van der Waals surface area contributed by atoms with E-state index in [1.807, 2.05) is 6.92 Å². The van der Waals surface area contributed by atoms with E-state index in [1.165, 1.54) is 12.1 Å². The molecule has 0 aliphatic rings. The van der Waals surface area contributed by atoms with Crippen LogP contribution in [0.15, 0.2) is 36.4 Å². The largest absolute Gasteiger partial charge is 0.490 e. The van der Waals surface area contributed by atoms with Gasteiger partial charge in [0.25, 0.3) is 0 Å². The first kappa shape index (κ1) is 16.6. The van der Waals surface area contributed by atoms with Crippen LogP contribution < -0.4 is 15.5 Å². The van der Waals surface area contributed by atoms with Crippen LogP contribution in [-0.4, -0.2) is 23.3 Å². The summed E-state index contributed by atoms with van der Waals surface area (Å²) in [6.45, 7) is 1.92. The molecule has 3 N–H and O–H groups in total. The molecule has 2 aromatic carbocycles. The smallest absolute Gasteiger partial charge is 0.423 e. The van der Waals surface area contributed by atoms with Crippen molar-refractivity contribution in [3.8, 4) is 5.75 Å². The average Bonchev–Trinajstić information content (AvgIpc) is 2.44. The maximum Gasteiger partial charge on any atom is 0.490 e. The lowest BCUT2D eigenvalue weighted by Crippen LogP contribution is -2.31. The molecular formula is C14H12BCl2NO4. The fourth-order valence-electron chi connectivity index (χ4n) is 1.71. The highest BCUT2D eigenvalue weighted by Gasteiger charge is 2.19. The molecule has 114 valence electrons. The van der Waals surface area contributed by atoms with Crippen LogP contribution >= 0.6 is 23.2 Å². The van der Waals surface area contributed by atoms with Gasteiger partial charge in [-0.15, -0.1) is 0 Å². The Balaban J connectivity index is 2.14. The molecule has 0 aromatic heterocycles. The molecule has 0 bridgehead atoms. The van der Waals surface area contributed by atoms with Crippen molar-refractivity contribution in [3.63, 3.8) is 0 Å². The normalized spacial score (nSPS) is 10.2. The summed E-state index contributed by atoms with van der Waals surface area (Å²) in [5.41, 5.74) is 1.22. The number of ether oxygens (including phenoxy) is 1. The Morgan fingerprint density at radius 3 is 2.36 bits per heavy atom. The summed E-state index contributed by atoms with van der Waals surface area (Å²) in [5, 5.41) is 21.0. The highest BCUT2D eigenvalue weighted by Crippen LogP contribution is 2.25. The van der Waals surface area contributed by atoms with Gasteiger partial charge in [0.2, 0.25) is 0 Å². The second kappa shape index (κ2) is 7.02. The van der Waals surface area contributed by atoms with Crippen LogP contribution in [0.1, 0.15) is 5.56 Å². The summed E-state index contributed by atoms with van der Waals surface area (Å²) < 4.78 is 5.09. The van der Waals surface area contributed by atoms with E-state index < -0.39 is 13.2 Å². The Morgan fingerprint density at radius 2 is 1.77 bits per heavy atom. The predicted molar refractivity (Wildman–Crippen MR) is 87.1 cm³/mol. The highest BCUT2D eigenvalue weighted by atomic mass is 35.5. The summed E-state index contributed by atoms with van der Waals surface area (Å²) in [4.78, 5) is 11.8. The molecule has 0 fully saturated rings. The van der Waals surface area contributed by atoms with Gasteiger partial charge in [-0.05, 0) is 31.2 Å². The summed E-state index contributed by atoms with van der Waals surface area (Å²) in [5.74, 6) is 0.371. The number of aryl methyl sites for hydroxylation is 1. The van der Waals surface area contributed by atoms with E-state index in [9.17, 15) is 14.8 Å². The van der Waals surface area contributed by atoms with Crippen LogP contribution in [0.5, 0.6) is 5.75 Å². The van der Waals surface area contributed by atoms with E-state index in [0.717, 1.165) is 5.56 Å². The molecule has 0 saturated heterocycles. The van der Waals surface area contributed by atoms with E-state index in [0.29, 0.717) is 5.75 Å². The molecule has 5 nitrogen and oxygen atoms in total. The molecule has 0 aliphatic carbocycles. The van der Waals surface area contributed by atoms with Gasteiger partial charge in [-0.1, -0.05) is 40.9 Å². The number of hydrogen-bond acceptors (Lipinski definition) is 4. The zero-order chi connectivity index (χ0) is 16.3. The van der Waals surface area contributed by atoms with Crippen molar-refractivity contribution in [2.75, 3.05) is 5.32 Å². The van der Waals surface area contributed by atoms with Crippen molar-refractivity contribution in [1.29, 1.82) is 0 Å². The Labute approximate surface area is 137 Å². The zero-order valence-corrected chi connectivity index (χ0v) is 13.0. The van der Waals surface area contributed by atoms with Gasteiger partial charge in [-0.25, -0.2) is 4.79 Å². The third-order valence-electron chi connectivity index (χ3n) is 2.83. The van der Waals surface area contributed by atoms with Crippen molar-refractivity contribution < 1.29 is 19.6 Å². The van der Waals surface area contributed by atoms with Crippen molar-refractivity contribution in [1.82, 2.24) is 0 Å². The van der Waals surface area contributed by atoms with Gasteiger partial charge in [0, 0.05) is 10.5 Å². The minimum absolute atomic E-state index is 0.0247. The molecule has 0 radical (unpaired) electrons. The van der Waals surface area contributed by atoms with E-state index in [2.05, 4.69) is 5.32 Å². The summed E-state index contributed by atoms with van der Waals surface area (Å²) >= 11 is 11.8. The van der Waals surface area contributed by atoms with Crippen LogP contribution in [0, 0.1) is 6.92 Å². The number of nitrogens with one attached hydrogen (secondary N) is 1. The average molecular weight is 340 g/mol. The van der Waals surface area contributed by atoms with Gasteiger partial charge in [0.1, 0.15) is 5.75 Å². The van der Waals surface area contributed by atoms with Crippen LogP contribution in [0.4, 0.5) is 10.5 Å². The third kappa shape index (κ3) is 4.14. The predicted octanol–water partition coefficient (Wildman–Crippen LogP) is 2.59. The minimum Gasteiger partial charge on any atom is -0.423 e. The van der Waals surface area contributed by atoms with Gasteiger partial charge < -0.3 is 14.8 Å². The van der Waals surface area contributed by atoms with Crippen LogP contribution in [0.3, 0.4) is 0 Å². The summed E-state index contributed by atoms with van der Waals surface area (Å²) in [6, 6.07) is 9.49. The van der Waals surface area contributed by atoms with Gasteiger partial charge >= 0.3 is 13.2 Å². The fourth-order valence-corrected chi connectivity index (χ4v) is 2.24. The number of hydrogen-bond donors (Lipinski definition) is 3. The lowest BCUT2D eigenvalue weighted by molar-refractivity contribution is 0.215. The number of anilines is 1. The van der Waals surface area contributed by atoms with E-state index >= 15 is 0 Å². The number of rotatable bonds is 3. The van der Waals surface area contributed by atoms with Gasteiger partial charge in [0.15, 0.2) is 0 Å². The molecule has 0 unspecified atom stereocenters. The van der Waals surface area contributed by atoms with Crippen molar-refractivity contribution in [3.05, 3.63) is 52.0 Å². The molecule has 2 rings (SSSR count). The van der Waals surface area contributed by atoms with Gasteiger partial charge in [-0.2, -0.15) is 0 Å². The molecular weight excluding hydrogens is 328 g/mol. The second-order valence-electron chi connectivity index (χ2n) is 4.55. The fraction of sp³-hybridized carbons (Fsp3) is 0.0714. The van der Waals surface area contributed by atoms with Crippen LogP contribution in [0.25, 0.3) is 0 Å². The minimum atomic E-state index is -1.78. The Kier molecular flexibility index (Phi) is 5.31. The standard InChI is InChI=1S/C14H12BCl2NO4/c1-8-2-4-9(5-3-8)22-14(19)18-13-6-10(15(20)21)11(16)7-12(13)17/h2-7,20-21H,1H3,(H,18,19). The third-order valence-corrected chi connectivity index (χ3v) is 3.47. The second-order valence-corrected chi connectivity index (χ2v) is 5.37. The lowest BCUT2D eigenvalue weighted by atomic mass is 9.80. The molecule has 0 saturated carbocycles. The molecule has 0 spiro atoms. The van der Waals surface area contributed by atoms with E-state index in [4.69, 9.17) is 27.9 Å². The first-order valence-electron chi connectivity index (χ1n) is 6.27. The molecule has 0 aliphatic heterocycles. The summed E-state index contributed by atoms with van der Waals surface area (Å²) in [7, 11) is -1.78. The Hall–Kier alpha value is -1.73. The zero-order valence-electron chi connectivity index (χ0n) is 11.5. The monoisotopic (exact) mass is 339 g/mol. The molecule has 1 amide bonds. The lowest BCUT2D eigenvalue weighted by Gasteiger charge is -2.11. The molecule has 0 atom stereocenters. The quantitative estimate of drug-likeness (QED) is 0.751. The maximum atomic E-state index is 11.8. The molecule has 8 heteroatoms. The summed E-state index contributed by atoms with van der Waals surface area (Å²) in [6.07, 6.45) is -0.758. The molecule has 0 heterocycles. The number of amides is 1. The maximum absolute atomic E-state index is 11.8. The first-order chi connectivity index (χ1) is 10.4. The van der Waals surface area contributed by atoms with E-state index in [1.54, 1.807) is 24.3 Å². The molecule has 2 aromatic rings. The number of carbonyl (C=O) groups is 1. The Morgan fingerprint density at radius 1 is 1.14 bits per heavy atom.